The van der Waals surface area contributed by atoms with E-state index in [1.807, 2.05) is 18.2 Å². The molecule has 1 fully saturated rings. The van der Waals surface area contributed by atoms with Crippen molar-refractivity contribution in [2.45, 2.75) is 25.9 Å². The molecule has 4 rings (SSSR count). The lowest BCUT2D eigenvalue weighted by Gasteiger charge is -2.31. The zero-order valence-corrected chi connectivity index (χ0v) is 18.2. The molecule has 0 atom stereocenters. The largest absolute Gasteiger partial charge is 0.497 e. The van der Waals surface area contributed by atoms with Crippen molar-refractivity contribution < 1.29 is 13.9 Å². The lowest BCUT2D eigenvalue weighted by Crippen LogP contribution is -2.36. The second-order valence-electron chi connectivity index (χ2n) is 7.67. The Labute approximate surface area is 182 Å². The molecule has 0 bridgehead atoms. The Hall–Kier alpha value is -2.64. The van der Waals surface area contributed by atoms with Crippen LogP contribution in [0, 0.1) is 10.8 Å². The van der Waals surface area contributed by atoms with Gasteiger partial charge in [0.25, 0.3) is 4.84 Å². The van der Waals surface area contributed by atoms with Crippen LogP contribution in [-0.2, 0) is 13.1 Å². The Morgan fingerprint density at radius 1 is 1.03 bits per heavy atom. The molecule has 0 spiro atoms. The number of likely N-dealkylation sites (tertiary alicyclic amines) is 1. The number of piperidine rings is 1. The van der Waals surface area contributed by atoms with Gasteiger partial charge in [0.1, 0.15) is 11.5 Å². The van der Waals surface area contributed by atoms with Gasteiger partial charge in [-0.05, 0) is 55.1 Å². The van der Waals surface area contributed by atoms with Crippen molar-refractivity contribution in [2.75, 3.05) is 27.3 Å². The summed E-state index contributed by atoms with van der Waals surface area (Å²) in [4.78, 5) is 2.76. The Balaban J connectivity index is 1.40. The van der Waals surface area contributed by atoms with Crippen LogP contribution in [0.15, 0.2) is 52.9 Å². The highest BCUT2D eigenvalue weighted by molar-refractivity contribution is 7.71. The SMILES string of the molecule is COc1cc(OC)cc(-c2nn(CN3CCC(Cc4ccccc4)CC3)c(=S)o2)c1. The molecule has 158 valence electrons. The molecule has 2 aromatic carbocycles. The van der Waals surface area contributed by atoms with Crippen LogP contribution in [0.25, 0.3) is 11.5 Å². The van der Waals surface area contributed by atoms with Crippen LogP contribution < -0.4 is 9.47 Å². The van der Waals surface area contributed by atoms with E-state index < -0.39 is 0 Å². The summed E-state index contributed by atoms with van der Waals surface area (Å²) in [6, 6.07) is 16.3. The first-order valence-corrected chi connectivity index (χ1v) is 10.6. The second-order valence-corrected chi connectivity index (χ2v) is 8.02. The number of ether oxygens (including phenoxy) is 2. The lowest BCUT2D eigenvalue weighted by atomic mass is 9.90. The Kier molecular flexibility index (Phi) is 6.50. The summed E-state index contributed by atoms with van der Waals surface area (Å²) in [5, 5.41) is 4.60. The zero-order valence-electron chi connectivity index (χ0n) is 17.4. The van der Waals surface area contributed by atoms with Crippen molar-refractivity contribution in [1.29, 1.82) is 0 Å². The van der Waals surface area contributed by atoms with Crippen molar-refractivity contribution >= 4 is 12.2 Å². The number of benzene rings is 2. The number of hydrogen-bond acceptors (Lipinski definition) is 6. The summed E-state index contributed by atoms with van der Waals surface area (Å²) in [6.45, 7) is 2.71. The number of rotatable bonds is 7. The Morgan fingerprint density at radius 3 is 2.33 bits per heavy atom. The van der Waals surface area contributed by atoms with Crippen LogP contribution in [0.3, 0.4) is 0 Å². The van der Waals surface area contributed by atoms with Crippen molar-refractivity contribution in [1.82, 2.24) is 14.7 Å². The van der Waals surface area contributed by atoms with Crippen LogP contribution >= 0.6 is 12.2 Å². The first-order chi connectivity index (χ1) is 14.6. The summed E-state index contributed by atoms with van der Waals surface area (Å²) >= 11 is 5.42. The molecule has 0 amide bonds. The third-order valence-corrected chi connectivity index (χ3v) is 5.91. The number of methoxy groups -OCH3 is 2. The Bertz CT molecular complexity index is 1000. The maximum atomic E-state index is 5.77. The minimum Gasteiger partial charge on any atom is -0.497 e. The van der Waals surface area contributed by atoms with E-state index in [4.69, 9.17) is 26.1 Å². The van der Waals surface area contributed by atoms with Crippen LogP contribution in [0.5, 0.6) is 11.5 Å². The van der Waals surface area contributed by atoms with Crippen LogP contribution in [-0.4, -0.2) is 42.0 Å². The molecule has 1 saturated heterocycles. The van der Waals surface area contributed by atoms with Gasteiger partial charge < -0.3 is 13.9 Å². The van der Waals surface area contributed by atoms with Crippen molar-refractivity contribution in [3.8, 4) is 23.0 Å². The molecule has 0 aliphatic carbocycles. The standard InChI is InChI=1S/C23H27N3O3S/c1-27-20-13-19(14-21(15-20)28-2)22-24-26(23(30)29-22)16-25-10-8-18(9-11-25)12-17-6-4-3-5-7-17/h3-7,13-15,18H,8-12,16H2,1-2H3. The molecule has 0 N–H and O–H groups in total. The van der Waals surface area contributed by atoms with E-state index in [2.05, 4.69) is 40.3 Å². The zero-order chi connectivity index (χ0) is 20.9. The van der Waals surface area contributed by atoms with Gasteiger partial charge in [0, 0.05) is 24.7 Å². The fourth-order valence-corrected chi connectivity index (χ4v) is 4.09. The van der Waals surface area contributed by atoms with E-state index in [1.54, 1.807) is 18.9 Å². The van der Waals surface area contributed by atoms with Gasteiger partial charge in [0.05, 0.1) is 20.9 Å². The average molecular weight is 426 g/mol. The molecular formula is C23H27N3O3S. The van der Waals surface area contributed by atoms with Gasteiger partial charge in [0.2, 0.25) is 5.89 Å². The van der Waals surface area contributed by atoms with E-state index in [-0.39, 0.29) is 0 Å². The lowest BCUT2D eigenvalue weighted by molar-refractivity contribution is 0.138. The highest BCUT2D eigenvalue weighted by Gasteiger charge is 2.21. The monoisotopic (exact) mass is 425 g/mol. The van der Waals surface area contributed by atoms with Gasteiger partial charge in [-0.1, -0.05) is 30.3 Å². The molecular weight excluding hydrogens is 398 g/mol. The number of aromatic nitrogens is 2. The summed E-state index contributed by atoms with van der Waals surface area (Å²) in [5.74, 6) is 2.56. The minimum absolute atomic E-state index is 0.373. The predicted octanol–water partition coefficient (Wildman–Crippen LogP) is 4.80. The first kappa shape index (κ1) is 20.6. The third kappa shape index (κ3) is 4.91. The summed E-state index contributed by atoms with van der Waals surface area (Å²) < 4.78 is 18.2. The van der Waals surface area contributed by atoms with Crippen LogP contribution in [0.2, 0.25) is 0 Å². The normalized spacial score (nSPS) is 15.3. The van der Waals surface area contributed by atoms with E-state index in [9.17, 15) is 0 Å². The van der Waals surface area contributed by atoms with Gasteiger partial charge in [-0.15, -0.1) is 5.10 Å². The van der Waals surface area contributed by atoms with Gasteiger partial charge in [-0.25, -0.2) is 4.68 Å². The summed E-state index contributed by atoms with van der Waals surface area (Å²) in [7, 11) is 3.24. The first-order valence-electron chi connectivity index (χ1n) is 10.2. The molecule has 3 aromatic rings. The summed E-state index contributed by atoms with van der Waals surface area (Å²) in [5.41, 5.74) is 2.20. The molecule has 0 radical (unpaired) electrons. The predicted molar refractivity (Wildman–Crippen MR) is 118 cm³/mol. The highest BCUT2D eigenvalue weighted by Crippen LogP contribution is 2.29. The molecule has 1 aliphatic rings. The third-order valence-electron chi connectivity index (χ3n) is 5.61. The van der Waals surface area contributed by atoms with Crippen molar-refractivity contribution in [2.24, 2.45) is 5.92 Å². The molecule has 1 aromatic heterocycles. The van der Waals surface area contributed by atoms with Crippen molar-refractivity contribution in [3.63, 3.8) is 0 Å². The molecule has 30 heavy (non-hydrogen) atoms. The topological polar surface area (TPSA) is 52.7 Å². The maximum absolute atomic E-state index is 5.77. The van der Waals surface area contributed by atoms with E-state index in [1.165, 1.54) is 18.4 Å². The van der Waals surface area contributed by atoms with Gasteiger partial charge in [-0.3, -0.25) is 4.90 Å². The molecule has 2 heterocycles. The molecule has 1 aliphatic heterocycles. The fourth-order valence-electron chi connectivity index (χ4n) is 3.91. The van der Waals surface area contributed by atoms with Crippen LogP contribution in [0.4, 0.5) is 0 Å². The summed E-state index contributed by atoms with van der Waals surface area (Å²) in [6.07, 6.45) is 3.51. The molecule has 7 heteroatoms. The minimum atomic E-state index is 0.373. The van der Waals surface area contributed by atoms with Gasteiger partial charge >= 0.3 is 0 Å². The number of nitrogens with zero attached hydrogens (tertiary/aromatic N) is 3. The van der Waals surface area contributed by atoms with E-state index in [0.29, 0.717) is 28.9 Å². The molecule has 6 nitrogen and oxygen atoms in total. The van der Waals surface area contributed by atoms with Gasteiger partial charge in [-0.2, -0.15) is 0 Å². The average Bonchev–Trinajstić information content (AvgIpc) is 3.15. The van der Waals surface area contributed by atoms with E-state index in [0.717, 1.165) is 31.0 Å². The number of hydrogen-bond donors (Lipinski definition) is 0. The van der Waals surface area contributed by atoms with Crippen molar-refractivity contribution in [3.05, 3.63) is 58.9 Å². The van der Waals surface area contributed by atoms with Crippen LogP contribution in [0.1, 0.15) is 18.4 Å². The molecule has 0 saturated carbocycles. The molecule has 0 unspecified atom stereocenters. The smallest absolute Gasteiger partial charge is 0.288 e. The fraction of sp³-hybridized carbons (Fsp3) is 0.391. The highest BCUT2D eigenvalue weighted by atomic mass is 32.1. The Morgan fingerprint density at radius 2 is 1.70 bits per heavy atom. The van der Waals surface area contributed by atoms with Gasteiger partial charge in [0.15, 0.2) is 0 Å². The van der Waals surface area contributed by atoms with E-state index >= 15 is 0 Å². The quantitative estimate of drug-likeness (QED) is 0.507. The second kappa shape index (κ2) is 9.45. The maximum Gasteiger partial charge on any atom is 0.288 e.